The molecule has 168 valence electrons. The Labute approximate surface area is 185 Å². The molecule has 1 saturated heterocycles. The molecule has 1 aliphatic rings. The van der Waals surface area contributed by atoms with E-state index in [9.17, 15) is 14.4 Å². The van der Waals surface area contributed by atoms with Gasteiger partial charge in [0.2, 0.25) is 11.8 Å². The third-order valence-electron chi connectivity index (χ3n) is 5.57. The molecular formula is C23H27N5O4. The summed E-state index contributed by atoms with van der Waals surface area (Å²) in [6, 6.07) is 7.15. The summed E-state index contributed by atoms with van der Waals surface area (Å²) in [5.41, 5.74) is 0.306. The van der Waals surface area contributed by atoms with Crippen molar-refractivity contribution in [2.45, 2.75) is 32.1 Å². The zero-order chi connectivity index (χ0) is 23.1. The molecule has 0 radical (unpaired) electrons. The van der Waals surface area contributed by atoms with Gasteiger partial charge in [-0.3, -0.25) is 25.2 Å². The number of aromatic nitrogens is 2. The van der Waals surface area contributed by atoms with E-state index in [-0.39, 0.29) is 34.8 Å². The molecule has 1 fully saturated rings. The number of allylic oxidation sites excluding steroid dienone is 1. The number of amides is 1. The van der Waals surface area contributed by atoms with E-state index in [1.165, 1.54) is 19.3 Å². The highest BCUT2D eigenvalue weighted by atomic mass is 16.5. The van der Waals surface area contributed by atoms with Crippen molar-refractivity contribution < 1.29 is 14.3 Å². The number of H-pyrrole nitrogens is 1. The lowest BCUT2D eigenvalue weighted by Gasteiger charge is -2.31. The third kappa shape index (κ3) is 5.75. The van der Waals surface area contributed by atoms with Gasteiger partial charge in [0.05, 0.1) is 23.7 Å². The maximum atomic E-state index is 12.5. The van der Waals surface area contributed by atoms with Gasteiger partial charge in [0.25, 0.3) is 5.56 Å². The SMILES string of the molecule is COC(=N)/C=C\C(=N)C(=O)C1CCN(C(=O)CCCc2nc3ccccc3c(=O)[nH]2)CC1. The Morgan fingerprint density at radius 3 is 2.66 bits per heavy atom. The number of carbonyl (C=O) groups is 2. The Balaban J connectivity index is 1.45. The minimum absolute atomic E-state index is 0.0162. The smallest absolute Gasteiger partial charge is 0.258 e. The number of likely N-dealkylation sites (tertiary alicyclic amines) is 1. The van der Waals surface area contributed by atoms with Crippen molar-refractivity contribution in [3.63, 3.8) is 0 Å². The summed E-state index contributed by atoms with van der Waals surface area (Å²) < 4.78 is 4.67. The quantitative estimate of drug-likeness (QED) is 0.429. The van der Waals surface area contributed by atoms with E-state index < -0.39 is 0 Å². The molecule has 9 heteroatoms. The second-order valence-electron chi connectivity index (χ2n) is 7.72. The molecule has 1 aromatic heterocycles. The molecule has 32 heavy (non-hydrogen) atoms. The zero-order valence-corrected chi connectivity index (χ0v) is 18.0. The van der Waals surface area contributed by atoms with Crippen molar-refractivity contribution >= 4 is 34.2 Å². The number of nitrogens with one attached hydrogen (secondary N) is 3. The number of piperidine rings is 1. The summed E-state index contributed by atoms with van der Waals surface area (Å²) in [5, 5.41) is 15.8. The third-order valence-corrected chi connectivity index (χ3v) is 5.57. The fourth-order valence-electron chi connectivity index (χ4n) is 3.74. The van der Waals surface area contributed by atoms with Crippen LogP contribution in [0.1, 0.15) is 31.5 Å². The molecule has 0 atom stereocenters. The average Bonchev–Trinajstić information content (AvgIpc) is 2.81. The molecule has 0 spiro atoms. The Bertz CT molecular complexity index is 1110. The average molecular weight is 438 g/mol. The molecule has 1 amide bonds. The van der Waals surface area contributed by atoms with Crippen LogP contribution in [0.2, 0.25) is 0 Å². The van der Waals surface area contributed by atoms with Crippen molar-refractivity contribution in [3.8, 4) is 0 Å². The Kier molecular flexibility index (Phi) is 7.64. The van der Waals surface area contributed by atoms with Crippen LogP contribution in [0.25, 0.3) is 10.9 Å². The van der Waals surface area contributed by atoms with E-state index in [1.807, 2.05) is 6.07 Å². The van der Waals surface area contributed by atoms with Gasteiger partial charge in [0.1, 0.15) is 5.82 Å². The first-order valence-corrected chi connectivity index (χ1v) is 10.6. The highest BCUT2D eigenvalue weighted by Crippen LogP contribution is 2.20. The monoisotopic (exact) mass is 437 g/mol. The highest BCUT2D eigenvalue weighted by molar-refractivity contribution is 6.44. The molecule has 9 nitrogen and oxygen atoms in total. The molecule has 0 aliphatic carbocycles. The number of rotatable bonds is 8. The Morgan fingerprint density at radius 2 is 1.94 bits per heavy atom. The summed E-state index contributed by atoms with van der Waals surface area (Å²) in [4.78, 5) is 46.1. The lowest BCUT2D eigenvalue weighted by atomic mass is 9.90. The predicted octanol–water partition coefficient (Wildman–Crippen LogP) is 2.25. The van der Waals surface area contributed by atoms with Gasteiger partial charge in [0, 0.05) is 37.9 Å². The van der Waals surface area contributed by atoms with Crippen LogP contribution in [0.3, 0.4) is 0 Å². The maximum absolute atomic E-state index is 12.5. The number of hydrogen-bond acceptors (Lipinski definition) is 7. The van der Waals surface area contributed by atoms with E-state index in [0.717, 1.165) is 0 Å². The standard InChI is InChI=1S/C23H27N5O4/c1-32-19(25)10-9-17(24)22(30)15-11-13-28(14-12-15)21(29)8-4-7-20-26-18-6-3-2-5-16(18)23(31)27-20/h2-3,5-6,9-10,15,24-25H,4,7-8,11-14H2,1H3,(H,26,27,31)/b10-9-,24-17?,25-19?. The normalized spacial score (nSPS) is 14.6. The van der Waals surface area contributed by atoms with Crippen molar-refractivity contribution in [1.82, 2.24) is 14.9 Å². The van der Waals surface area contributed by atoms with Crippen molar-refractivity contribution in [2.24, 2.45) is 5.92 Å². The minimum Gasteiger partial charge on any atom is -0.481 e. The molecule has 3 rings (SSSR count). The number of Topliss-reactive ketones (excluding diaryl/α,β-unsaturated/α-hetero) is 1. The predicted molar refractivity (Wildman–Crippen MR) is 121 cm³/mol. The molecule has 0 bridgehead atoms. The van der Waals surface area contributed by atoms with Gasteiger partial charge in [-0.2, -0.15) is 0 Å². The van der Waals surface area contributed by atoms with Crippen LogP contribution >= 0.6 is 0 Å². The second-order valence-corrected chi connectivity index (χ2v) is 7.72. The largest absolute Gasteiger partial charge is 0.481 e. The lowest BCUT2D eigenvalue weighted by Crippen LogP contribution is -2.41. The molecule has 2 aromatic rings. The Hall–Kier alpha value is -3.62. The van der Waals surface area contributed by atoms with Crippen LogP contribution < -0.4 is 5.56 Å². The van der Waals surface area contributed by atoms with Crippen molar-refractivity contribution in [1.29, 1.82) is 10.8 Å². The number of aryl methyl sites for hydroxylation is 1. The zero-order valence-electron chi connectivity index (χ0n) is 18.0. The maximum Gasteiger partial charge on any atom is 0.258 e. The molecular weight excluding hydrogens is 410 g/mol. The number of hydrogen-bond donors (Lipinski definition) is 3. The number of carbonyl (C=O) groups excluding carboxylic acids is 2. The molecule has 3 N–H and O–H groups in total. The van der Waals surface area contributed by atoms with Crippen LogP contribution in [0.15, 0.2) is 41.2 Å². The fourth-order valence-corrected chi connectivity index (χ4v) is 3.74. The summed E-state index contributed by atoms with van der Waals surface area (Å²) in [5.74, 6) is -0.101. The minimum atomic E-state index is -0.292. The van der Waals surface area contributed by atoms with Crippen LogP contribution in [-0.2, 0) is 20.7 Å². The first-order valence-electron chi connectivity index (χ1n) is 10.6. The second kappa shape index (κ2) is 10.6. The number of aromatic amines is 1. The topological polar surface area (TPSA) is 140 Å². The van der Waals surface area contributed by atoms with E-state index >= 15 is 0 Å². The number of fused-ring (bicyclic) bond motifs is 1. The molecule has 0 unspecified atom stereocenters. The van der Waals surface area contributed by atoms with E-state index in [2.05, 4.69) is 14.7 Å². The number of ether oxygens (including phenoxy) is 1. The summed E-state index contributed by atoms with van der Waals surface area (Å²) in [7, 11) is 1.35. The van der Waals surface area contributed by atoms with E-state index in [0.29, 0.717) is 61.9 Å². The number of benzene rings is 1. The van der Waals surface area contributed by atoms with Crippen molar-refractivity contribution in [2.75, 3.05) is 20.2 Å². The van der Waals surface area contributed by atoms with Crippen molar-refractivity contribution in [3.05, 3.63) is 52.6 Å². The summed E-state index contributed by atoms with van der Waals surface area (Å²) >= 11 is 0. The first-order chi connectivity index (χ1) is 15.4. The fraction of sp³-hybridized carbons (Fsp3) is 0.391. The molecule has 2 heterocycles. The van der Waals surface area contributed by atoms with Gasteiger partial charge in [-0.25, -0.2) is 4.98 Å². The number of para-hydroxylation sites is 1. The summed E-state index contributed by atoms with van der Waals surface area (Å²) in [6.07, 6.45) is 4.99. The van der Waals surface area contributed by atoms with Gasteiger partial charge >= 0.3 is 0 Å². The van der Waals surface area contributed by atoms with Gasteiger partial charge < -0.3 is 14.6 Å². The van der Waals surface area contributed by atoms with Crippen LogP contribution in [-0.4, -0.2) is 58.4 Å². The van der Waals surface area contributed by atoms with Crippen LogP contribution in [0, 0.1) is 16.7 Å². The number of ketones is 1. The molecule has 0 saturated carbocycles. The first kappa shape index (κ1) is 23.1. The van der Waals surface area contributed by atoms with Gasteiger partial charge in [-0.05, 0) is 37.5 Å². The lowest BCUT2D eigenvalue weighted by molar-refractivity contribution is -0.134. The van der Waals surface area contributed by atoms with Gasteiger partial charge in [-0.1, -0.05) is 12.1 Å². The number of nitrogens with zero attached hydrogens (tertiary/aromatic N) is 2. The molecule has 1 aliphatic heterocycles. The number of methoxy groups -OCH3 is 1. The van der Waals surface area contributed by atoms with Crippen LogP contribution in [0.4, 0.5) is 0 Å². The molecule has 1 aromatic carbocycles. The highest BCUT2D eigenvalue weighted by Gasteiger charge is 2.28. The van der Waals surface area contributed by atoms with E-state index in [4.69, 9.17) is 10.8 Å². The van der Waals surface area contributed by atoms with E-state index in [1.54, 1.807) is 23.1 Å². The van der Waals surface area contributed by atoms with Gasteiger partial charge in [0.15, 0.2) is 5.78 Å². The van der Waals surface area contributed by atoms with Crippen LogP contribution in [0.5, 0.6) is 0 Å². The van der Waals surface area contributed by atoms with Gasteiger partial charge in [-0.15, -0.1) is 0 Å². The Morgan fingerprint density at radius 1 is 1.22 bits per heavy atom. The summed E-state index contributed by atoms with van der Waals surface area (Å²) in [6.45, 7) is 0.955.